The Morgan fingerprint density at radius 2 is 1.75 bits per heavy atom. The first-order valence-electron chi connectivity index (χ1n) is 7.22. The minimum absolute atomic E-state index is 0.298. The van der Waals surface area contributed by atoms with Crippen LogP contribution in [0, 0.1) is 0 Å². The van der Waals surface area contributed by atoms with E-state index in [0.29, 0.717) is 9.90 Å². The van der Waals surface area contributed by atoms with Crippen LogP contribution in [0.2, 0.25) is 0 Å². The molecule has 120 valence electrons. The summed E-state index contributed by atoms with van der Waals surface area (Å²) in [4.78, 5) is 4.36. The molecule has 0 radical (unpaired) electrons. The second kappa shape index (κ2) is 5.77. The van der Waals surface area contributed by atoms with Crippen molar-refractivity contribution in [3.05, 3.63) is 72.4 Å². The summed E-state index contributed by atoms with van der Waals surface area (Å²) < 4.78 is 29.3. The van der Waals surface area contributed by atoms with Gasteiger partial charge in [0.2, 0.25) is 0 Å². The number of sulfonamides is 1. The van der Waals surface area contributed by atoms with Gasteiger partial charge in [0.15, 0.2) is 0 Å². The molecule has 2 heterocycles. The molecule has 0 saturated carbocycles. The lowest BCUT2D eigenvalue weighted by molar-refractivity contribution is 0.603. The lowest BCUT2D eigenvalue weighted by atomic mass is 10.2. The average Bonchev–Trinajstić information content (AvgIpc) is 3.26. The number of rotatable bonds is 4. The highest BCUT2D eigenvalue weighted by molar-refractivity contribution is 7.94. The third kappa shape index (κ3) is 2.68. The molecule has 0 spiro atoms. The number of benzene rings is 2. The van der Waals surface area contributed by atoms with E-state index < -0.39 is 10.0 Å². The van der Waals surface area contributed by atoms with E-state index in [4.69, 9.17) is 0 Å². The van der Waals surface area contributed by atoms with Gasteiger partial charge in [-0.3, -0.25) is 9.29 Å². The van der Waals surface area contributed by atoms with E-state index in [0.717, 1.165) is 16.7 Å². The van der Waals surface area contributed by atoms with Crippen molar-refractivity contribution in [3.8, 4) is 5.69 Å². The number of aromatic nitrogens is 2. The molecular formula is C17H13N3O2S2. The van der Waals surface area contributed by atoms with Crippen molar-refractivity contribution >= 4 is 38.1 Å². The number of thiophene rings is 1. The minimum atomic E-state index is -3.52. The Morgan fingerprint density at radius 3 is 2.50 bits per heavy atom. The molecular weight excluding hydrogens is 342 g/mol. The van der Waals surface area contributed by atoms with Crippen LogP contribution in [0.5, 0.6) is 0 Å². The maximum Gasteiger partial charge on any atom is 0.271 e. The summed E-state index contributed by atoms with van der Waals surface area (Å²) >= 11 is 1.19. The van der Waals surface area contributed by atoms with Gasteiger partial charge in [-0.15, -0.1) is 11.3 Å². The standard InChI is InChI=1S/C17H13N3O2S2/c21-24(22,17-6-3-11-23-17)19-13-7-9-14(10-8-13)20-12-18-15-4-1-2-5-16(15)20/h1-12,19H. The summed E-state index contributed by atoms with van der Waals surface area (Å²) in [6.07, 6.45) is 1.76. The molecule has 4 aromatic rings. The fourth-order valence-corrected chi connectivity index (χ4v) is 4.53. The molecule has 0 atom stereocenters. The Labute approximate surface area is 143 Å². The van der Waals surface area contributed by atoms with Crippen LogP contribution < -0.4 is 4.72 Å². The van der Waals surface area contributed by atoms with Crippen LogP contribution in [0.3, 0.4) is 0 Å². The van der Waals surface area contributed by atoms with E-state index in [1.807, 2.05) is 41.0 Å². The van der Waals surface area contributed by atoms with Crippen LogP contribution in [-0.4, -0.2) is 18.0 Å². The molecule has 0 amide bonds. The molecule has 0 aliphatic rings. The van der Waals surface area contributed by atoms with Crippen molar-refractivity contribution in [1.29, 1.82) is 0 Å². The predicted octanol–water partition coefficient (Wildman–Crippen LogP) is 3.89. The molecule has 0 saturated heterocycles. The molecule has 4 rings (SSSR count). The molecule has 7 heteroatoms. The predicted molar refractivity (Wildman–Crippen MR) is 96.2 cm³/mol. The number of para-hydroxylation sites is 2. The first-order chi connectivity index (χ1) is 11.6. The van der Waals surface area contributed by atoms with Gasteiger partial charge in [-0.1, -0.05) is 18.2 Å². The first kappa shape index (κ1) is 14.9. The summed E-state index contributed by atoms with van der Waals surface area (Å²) in [5.41, 5.74) is 3.36. The number of nitrogens with zero attached hydrogens (tertiary/aromatic N) is 2. The molecule has 0 bridgehead atoms. The number of nitrogens with one attached hydrogen (secondary N) is 1. The van der Waals surface area contributed by atoms with E-state index in [-0.39, 0.29) is 0 Å². The van der Waals surface area contributed by atoms with Gasteiger partial charge in [-0.05, 0) is 47.8 Å². The molecule has 5 nitrogen and oxygen atoms in total. The Kier molecular flexibility index (Phi) is 3.59. The van der Waals surface area contributed by atoms with Crippen LogP contribution in [0.25, 0.3) is 16.7 Å². The third-order valence-corrected chi connectivity index (χ3v) is 6.39. The molecule has 0 unspecified atom stereocenters. The van der Waals surface area contributed by atoms with Crippen LogP contribution >= 0.6 is 11.3 Å². The van der Waals surface area contributed by atoms with E-state index in [1.165, 1.54) is 11.3 Å². The van der Waals surface area contributed by atoms with Gasteiger partial charge in [-0.25, -0.2) is 13.4 Å². The maximum absolute atomic E-state index is 12.2. The summed E-state index contributed by atoms with van der Waals surface area (Å²) in [7, 11) is -3.52. The Hall–Kier alpha value is -2.64. The van der Waals surface area contributed by atoms with Gasteiger partial charge in [0.1, 0.15) is 10.5 Å². The van der Waals surface area contributed by atoms with Crippen molar-refractivity contribution in [2.45, 2.75) is 4.21 Å². The highest BCUT2D eigenvalue weighted by atomic mass is 32.2. The Morgan fingerprint density at radius 1 is 0.958 bits per heavy atom. The zero-order valence-corrected chi connectivity index (χ0v) is 14.1. The molecule has 2 aromatic heterocycles. The van der Waals surface area contributed by atoms with Crippen molar-refractivity contribution < 1.29 is 8.42 Å². The number of imidazole rings is 1. The largest absolute Gasteiger partial charge is 0.299 e. The summed E-state index contributed by atoms with van der Waals surface area (Å²) in [6.45, 7) is 0. The van der Waals surface area contributed by atoms with E-state index in [1.54, 1.807) is 36.0 Å². The average molecular weight is 355 g/mol. The van der Waals surface area contributed by atoms with Gasteiger partial charge in [0.05, 0.1) is 11.0 Å². The highest BCUT2D eigenvalue weighted by Crippen LogP contribution is 2.22. The van der Waals surface area contributed by atoms with Gasteiger partial charge in [0.25, 0.3) is 10.0 Å². The number of anilines is 1. The van der Waals surface area contributed by atoms with Crippen LogP contribution in [0.4, 0.5) is 5.69 Å². The lowest BCUT2D eigenvalue weighted by Gasteiger charge is -2.08. The fourth-order valence-electron chi connectivity index (χ4n) is 2.48. The second-order valence-corrected chi connectivity index (χ2v) is 8.04. The molecule has 1 N–H and O–H groups in total. The molecule has 0 aliphatic heterocycles. The van der Waals surface area contributed by atoms with Crippen molar-refractivity contribution in [2.24, 2.45) is 0 Å². The quantitative estimate of drug-likeness (QED) is 0.604. The summed E-state index contributed by atoms with van der Waals surface area (Å²) in [6, 6.07) is 18.4. The van der Waals surface area contributed by atoms with Gasteiger partial charge >= 0.3 is 0 Å². The molecule has 24 heavy (non-hydrogen) atoms. The number of fused-ring (bicyclic) bond motifs is 1. The Bertz CT molecular complexity index is 1080. The van der Waals surface area contributed by atoms with Crippen molar-refractivity contribution in [2.75, 3.05) is 4.72 Å². The van der Waals surface area contributed by atoms with Crippen LogP contribution in [0.15, 0.2) is 76.6 Å². The summed E-state index contributed by atoms with van der Waals surface area (Å²) in [5.74, 6) is 0. The minimum Gasteiger partial charge on any atom is -0.299 e. The number of hydrogen-bond acceptors (Lipinski definition) is 4. The summed E-state index contributed by atoms with van der Waals surface area (Å²) in [5, 5.41) is 1.74. The monoisotopic (exact) mass is 355 g/mol. The van der Waals surface area contributed by atoms with Crippen LogP contribution in [-0.2, 0) is 10.0 Å². The van der Waals surface area contributed by atoms with E-state index in [2.05, 4.69) is 9.71 Å². The normalized spacial score (nSPS) is 11.7. The molecule has 0 aliphatic carbocycles. The number of hydrogen-bond donors (Lipinski definition) is 1. The maximum atomic E-state index is 12.2. The Balaban J connectivity index is 1.64. The van der Waals surface area contributed by atoms with Gasteiger partial charge in [0, 0.05) is 11.4 Å². The molecule has 2 aromatic carbocycles. The second-order valence-electron chi connectivity index (χ2n) is 5.19. The lowest BCUT2D eigenvalue weighted by Crippen LogP contribution is -2.11. The topological polar surface area (TPSA) is 64.0 Å². The van der Waals surface area contributed by atoms with E-state index >= 15 is 0 Å². The van der Waals surface area contributed by atoms with E-state index in [9.17, 15) is 8.42 Å². The van der Waals surface area contributed by atoms with Crippen molar-refractivity contribution in [1.82, 2.24) is 9.55 Å². The third-order valence-electron chi connectivity index (χ3n) is 3.61. The molecule has 0 fully saturated rings. The zero-order chi connectivity index (χ0) is 16.6. The fraction of sp³-hybridized carbons (Fsp3) is 0. The van der Waals surface area contributed by atoms with Gasteiger partial charge in [-0.2, -0.15) is 0 Å². The van der Waals surface area contributed by atoms with Gasteiger partial charge < -0.3 is 0 Å². The highest BCUT2D eigenvalue weighted by Gasteiger charge is 2.15. The van der Waals surface area contributed by atoms with Crippen LogP contribution in [0.1, 0.15) is 0 Å². The SMILES string of the molecule is O=S(=O)(Nc1ccc(-n2cnc3ccccc32)cc1)c1cccs1. The first-order valence-corrected chi connectivity index (χ1v) is 9.59. The smallest absolute Gasteiger partial charge is 0.271 e. The zero-order valence-electron chi connectivity index (χ0n) is 12.5. The van der Waals surface area contributed by atoms with Crippen molar-refractivity contribution in [3.63, 3.8) is 0 Å².